The molecule has 0 aliphatic carbocycles. The molecule has 6 heteroatoms. The van der Waals surface area contributed by atoms with Crippen molar-refractivity contribution in [2.24, 2.45) is 11.8 Å². The molecule has 0 spiro atoms. The van der Waals surface area contributed by atoms with Crippen LogP contribution in [0.4, 0.5) is 13.2 Å². The van der Waals surface area contributed by atoms with Crippen LogP contribution in [0.3, 0.4) is 0 Å². The molecule has 3 nitrogen and oxygen atoms in total. The second-order valence-electron chi connectivity index (χ2n) is 5.64. The molecule has 1 aliphatic rings. The molecule has 2 unspecified atom stereocenters. The highest BCUT2D eigenvalue weighted by atomic mass is 19.4. The summed E-state index contributed by atoms with van der Waals surface area (Å²) in [4.78, 5) is 13.0. The summed E-state index contributed by atoms with van der Waals surface area (Å²) in [7, 11) is 0. The molecule has 2 atom stereocenters. The predicted octanol–water partition coefficient (Wildman–Crippen LogP) is 3.42. The Hall–Kier alpha value is -1.56. The molecule has 1 saturated heterocycles. The lowest BCUT2D eigenvalue weighted by molar-refractivity contribution is -0.146. The Morgan fingerprint density at radius 1 is 1.24 bits per heavy atom. The van der Waals surface area contributed by atoms with E-state index in [0.717, 1.165) is 17.7 Å². The fourth-order valence-corrected chi connectivity index (χ4v) is 2.54. The molecule has 1 fully saturated rings. The van der Waals surface area contributed by atoms with Gasteiger partial charge in [-0.3, -0.25) is 9.69 Å². The summed E-state index contributed by atoms with van der Waals surface area (Å²) in [5, 5.41) is 8.94. The number of carbonyl (C=O) groups is 1. The van der Waals surface area contributed by atoms with Crippen LogP contribution in [0.2, 0.25) is 0 Å². The van der Waals surface area contributed by atoms with Crippen molar-refractivity contribution >= 4 is 5.97 Å². The first kappa shape index (κ1) is 15.8. The molecule has 1 N–H and O–H groups in total. The average Bonchev–Trinajstić information content (AvgIpc) is 2.35. The molecule has 1 aliphatic heterocycles. The van der Waals surface area contributed by atoms with Crippen molar-refractivity contribution in [2.45, 2.75) is 26.1 Å². The van der Waals surface area contributed by atoms with Gasteiger partial charge in [0.15, 0.2) is 0 Å². The zero-order valence-electron chi connectivity index (χ0n) is 11.9. The summed E-state index contributed by atoms with van der Waals surface area (Å²) < 4.78 is 37.5. The largest absolute Gasteiger partial charge is 0.481 e. The van der Waals surface area contributed by atoms with Gasteiger partial charge >= 0.3 is 12.1 Å². The van der Waals surface area contributed by atoms with Gasteiger partial charge < -0.3 is 5.11 Å². The fourth-order valence-electron chi connectivity index (χ4n) is 2.54. The average molecular weight is 301 g/mol. The molecule has 1 aromatic carbocycles. The minimum atomic E-state index is -4.32. The smallest absolute Gasteiger partial charge is 0.416 e. The quantitative estimate of drug-likeness (QED) is 0.926. The van der Waals surface area contributed by atoms with Crippen molar-refractivity contribution in [1.82, 2.24) is 4.90 Å². The van der Waals surface area contributed by atoms with E-state index in [9.17, 15) is 18.0 Å². The number of carboxylic acids is 1. The minimum Gasteiger partial charge on any atom is -0.481 e. The number of aliphatic carboxylic acids is 1. The van der Waals surface area contributed by atoms with E-state index < -0.39 is 17.7 Å². The topological polar surface area (TPSA) is 40.5 Å². The van der Waals surface area contributed by atoms with Crippen LogP contribution in [-0.2, 0) is 11.0 Å². The minimum absolute atomic E-state index is 0.00970. The number of alkyl halides is 3. The number of halogens is 3. The maximum atomic E-state index is 12.5. The second kappa shape index (κ2) is 5.67. The van der Waals surface area contributed by atoms with Crippen molar-refractivity contribution in [3.63, 3.8) is 0 Å². The van der Waals surface area contributed by atoms with Gasteiger partial charge in [-0.25, -0.2) is 0 Å². The Balaban J connectivity index is 1.96. The number of benzene rings is 1. The molecule has 0 amide bonds. The molecule has 2 rings (SSSR count). The van der Waals surface area contributed by atoms with Crippen LogP contribution in [0, 0.1) is 11.8 Å². The highest BCUT2D eigenvalue weighted by Gasteiger charge is 2.37. The Kier molecular flexibility index (Phi) is 4.27. The Labute approximate surface area is 121 Å². The fraction of sp³-hybridized carbons (Fsp3) is 0.533. The first-order valence-electron chi connectivity index (χ1n) is 6.84. The van der Waals surface area contributed by atoms with E-state index in [1.54, 1.807) is 6.92 Å². The normalized spacial score (nSPS) is 19.9. The molecule has 0 aromatic heterocycles. The maximum absolute atomic E-state index is 12.5. The van der Waals surface area contributed by atoms with E-state index in [1.165, 1.54) is 12.1 Å². The van der Waals surface area contributed by atoms with Crippen molar-refractivity contribution < 1.29 is 23.1 Å². The van der Waals surface area contributed by atoms with E-state index in [0.29, 0.717) is 13.1 Å². The van der Waals surface area contributed by atoms with E-state index in [2.05, 4.69) is 4.90 Å². The zero-order valence-corrected chi connectivity index (χ0v) is 11.9. The van der Waals surface area contributed by atoms with E-state index in [1.807, 2.05) is 6.92 Å². The summed E-state index contributed by atoms with van der Waals surface area (Å²) in [5.74, 6) is -1.08. The summed E-state index contributed by atoms with van der Waals surface area (Å²) in [6, 6.07) is 5.14. The third-order valence-corrected chi connectivity index (χ3v) is 4.30. The van der Waals surface area contributed by atoms with Gasteiger partial charge in [-0.2, -0.15) is 13.2 Å². The third-order valence-electron chi connectivity index (χ3n) is 4.30. The Morgan fingerprint density at radius 2 is 1.76 bits per heavy atom. The van der Waals surface area contributed by atoms with Gasteiger partial charge in [0.25, 0.3) is 0 Å². The van der Waals surface area contributed by atoms with Crippen LogP contribution in [0.1, 0.15) is 31.0 Å². The lowest BCUT2D eigenvalue weighted by Crippen LogP contribution is -2.51. The lowest BCUT2D eigenvalue weighted by Gasteiger charge is -2.45. The zero-order chi connectivity index (χ0) is 15.8. The van der Waals surface area contributed by atoms with Crippen molar-refractivity contribution in [3.8, 4) is 0 Å². The van der Waals surface area contributed by atoms with Crippen LogP contribution < -0.4 is 0 Å². The molecule has 1 heterocycles. The first-order valence-corrected chi connectivity index (χ1v) is 6.84. The molecular weight excluding hydrogens is 283 g/mol. The van der Waals surface area contributed by atoms with Crippen molar-refractivity contribution in [1.29, 1.82) is 0 Å². The number of likely N-dealkylation sites (tertiary alicyclic amines) is 1. The summed E-state index contributed by atoms with van der Waals surface area (Å²) in [5.41, 5.74) is 0.156. The molecule has 116 valence electrons. The molecular formula is C15H18F3NO2. The van der Waals surface area contributed by atoms with E-state index >= 15 is 0 Å². The van der Waals surface area contributed by atoms with Crippen LogP contribution in [-0.4, -0.2) is 29.1 Å². The predicted molar refractivity (Wildman–Crippen MR) is 71.7 cm³/mol. The summed E-state index contributed by atoms with van der Waals surface area (Å²) in [6.07, 6.45) is -4.32. The van der Waals surface area contributed by atoms with Crippen LogP contribution in [0.5, 0.6) is 0 Å². The van der Waals surface area contributed by atoms with Crippen molar-refractivity contribution in [3.05, 3.63) is 35.4 Å². The first-order chi connectivity index (χ1) is 9.70. The number of carboxylic acid groups (broad SMARTS) is 1. The summed E-state index contributed by atoms with van der Waals surface area (Å²) in [6.45, 7) is 4.93. The van der Waals surface area contributed by atoms with Gasteiger partial charge in [0.05, 0.1) is 11.5 Å². The van der Waals surface area contributed by atoms with Gasteiger partial charge in [-0.1, -0.05) is 19.1 Å². The van der Waals surface area contributed by atoms with Gasteiger partial charge in [0.1, 0.15) is 0 Å². The Morgan fingerprint density at radius 3 is 2.19 bits per heavy atom. The third kappa shape index (κ3) is 3.37. The maximum Gasteiger partial charge on any atom is 0.416 e. The van der Waals surface area contributed by atoms with Gasteiger partial charge in [0.2, 0.25) is 0 Å². The lowest BCUT2D eigenvalue weighted by atomic mass is 9.85. The number of hydrogen-bond donors (Lipinski definition) is 1. The number of hydrogen-bond acceptors (Lipinski definition) is 2. The molecule has 1 aromatic rings. The standard InChI is InChI=1S/C15H18F3NO2/c1-9(14(20)21)12-7-19(8-12)10(2)11-3-5-13(6-4-11)15(16,17)18/h3-6,9-10,12H,7-8H2,1-2H3,(H,20,21). The highest BCUT2D eigenvalue weighted by Crippen LogP contribution is 2.34. The SMILES string of the molecule is CC(C(=O)O)C1CN(C(C)c2ccc(C(F)(F)F)cc2)C1. The molecule has 21 heavy (non-hydrogen) atoms. The van der Waals surface area contributed by atoms with E-state index in [-0.39, 0.29) is 17.9 Å². The number of rotatable bonds is 4. The van der Waals surface area contributed by atoms with E-state index in [4.69, 9.17) is 5.11 Å². The van der Waals surface area contributed by atoms with Crippen LogP contribution in [0.25, 0.3) is 0 Å². The number of nitrogens with zero attached hydrogens (tertiary/aromatic N) is 1. The second-order valence-corrected chi connectivity index (χ2v) is 5.64. The summed E-state index contributed by atoms with van der Waals surface area (Å²) >= 11 is 0. The van der Waals surface area contributed by atoms with Crippen LogP contribution in [0.15, 0.2) is 24.3 Å². The van der Waals surface area contributed by atoms with Gasteiger partial charge in [-0.15, -0.1) is 0 Å². The van der Waals surface area contributed by atoms with Gasteiger partial charge in [0, 0.05) is 19.1 Å². The highest BCUT2D eigenvalue weighted by molar-refractivity contribution is 5.70. The monoisotopic (exact) mass is 301 g/mol. The van der Waals surface area contributed by atoms with Gasteiger partial charge in [-0.05, 0) is 30.5 Å². The van der Waals surface area contributed by atoms with Crippen molar-refractivity contribution in [2.75, 3.05) is 13.1 Å². The molecule has 0 radical (unpaired) electrons. The molecule has 0 bridgehead atoms. The Bertz CT molecular complexity index is 507. The molecule has 0 saturated carbocycles. The van der Waals surface area contributed by atoms with Crippen LogP contribution >= 0.6 is 0 Å².